The van der Waals surface area contributed by atoms with Gasteiger partial charge in [-0.15, -0.1) is 43.1 Å². The Morgan fingerprint density at radius 2 is 1.12 bits per heavy atom. The third kappa shape index (κ3) is 19.9. The number of ether oxygens (including phenoxy) is 1. The van der Waals surface area contributed by atoms with E-state index >= 15 is 0 Å². The zero-order chi connectivity index (χ0) is 87.2. The summed E-state index contributed by atoms with van der Waals surface area (Å²) >= 11 is 3.09. The lowest BCUT2D eigenvalue weighted by atomic mass is 9.85. The Balaban J connectivity index is 0.485. The van der Waals surface area contributed by atoms with Crippen LogP contribution in [0.4, 0.5) is 11.6 Å². The van der Waals surface area contributed by atoms with Crippen LogP contribution >= 0.6 is 22.7 Å². The van der Waals surface area contributed by atoms with Crippen LogP contribution in [0.1, 0.15) is 196 Å². The molecule has 11 N–H and O–H groups in total. The Morgan fingerprint density at radius 3 is 1.68 bits per heavy atom. The highest BCUT2D eigenvalue weighted by Crippen LogP contribution is 2.40. The standard InChI is InChI=1S/C91H112N20O11S2/c1-52(2)79(76-47-78(105-122-76)121-40-16-15-35-107-38-32-61(33-39-107)110-70-45-67(65-17-12-13-18-74(65)114)99-101-80(70)85(92)103-110)89(119)108-48-63(112)43-72(108)87(117)96-54(4)58-23-27-60(28-24-58)83-69(95-51-124-83)42-56-20-29-75(115)66(41-56)68-46-71-81(102-100-68)86(93)104-111(71)62-30-36-106(37-31-62)34-14-10-9-11-19-77(116)98-84(91(6,7)8)90(120)109-49-64(113)44-73(109)88(118)97-53(3)57-21-25-59(26-22-57)82-55(5)94-50-123-82/h12-13,17-18,20-29,41,45-47,50-54,61-64,72-73,79,84,112-115H,9-11,14-16,19,30-40,42-44,48-49H2,1-8H3,(H2,92,103)(H2,93,104)(H,96,117)(H,97,118)(H,98,116)/t53-,54-,63+,64+,72-,73-,79?,84+/m0/s1. The molecular weight excluding hydrogens is 1610 g/mol. The van der Waals surface area contributed by atoms with Gasteiger partial charge < -0.3 is 76.7 Å². The number of nitrogens with one attached hydrogen (secondary N) is 3. The number of aliphatic hydroxyl groups is 2. The van der Waals surface area contributed by atoms with E-state index in [1.807, 2.05) is 155 Å². The number of unbranched alkanes of at least 4 members (excludes halogenated alkanes) is 4. The molecule has 4 saturated heterocycles. The van der Waals surface area contributed by atoms with E-state index in [2.05, 4.69) is 61.4 Å². The number of anilines is 2. The lowest BCUT2D eigenvalue weighted by molar-refractivity contribution is -0.144. The van der Waals surface area contributed by atoms with Crippen molar-refractivity contribution in [3.05, 3.63) is 154 Å². The Bertz CT molecular complexity index is 5590. The highest BCUT2D eigenvalue weighted by molar-refractivity contribution is 7.13. The molecule has 0 bridgehead atoms. The lowest BCUT2D eigenvalue weighted by Crippen LogP contribution is -2.57. The smallest absolute Gasteiger partial charge is 0.254 e. The first-order valence-electron chi connectivity index (χ1n) is 43.3. The SMILES string of the molecule is Cc1ncsc1-c1ccc([C@H](C)NC(=O)[C@@H]2C[C@@H](O)CN2C(=O)[C@@H](NC(=O)CCCCCCN2CCC(n3nc(N)c4nnc(-c5cc(Cc6ncsc6-c6ccc([C@H](C)NC(=O)[C@@H]7C[C@@H](O)CN7C(=O)C(c7cc(OCCCCN8CCC(n9nc(N)c%10nnc(-c%11ccccc%11O)cc%109)CC8)no7)C(C)C)cc6)ccc5O)cc43)CC2)C(C)(C)C)cc1. The molecule has 8 atom stereocenters. The molecule has 0 radical (unpaired) electrons. The molecule has 0 saturated carbocycles. The molecule has 11 heterocycles. The number of para-hydroxylation sites is 1. The number of nitrogens with zero attached hydrogens (tertiary/aromatic N) is 15. The van der Waals surface area contributed by atoms with E-state index in [1.165, 1.54) is 21.1 Å². The van der Waals surface area contributed by atoms with Gasteiger partial charge in [-0.1, -0.05) is 114 Å². The summed E-state index contributed by atoms with van der Waals surface area (Å²) in [6.07, 6.45) is 7.58. The minimum absolute atomic E-state index is 0.00201. The van der Waals surface area contributed by atoms with E-state index in [-0.39, 0.29) is 109 Å². The Kier molecular flexibility index (Phi) is 27.1. The minimum atomic E-state index is -0.924. The lowest BCUT2D eigenvalue weighted by Gasteiger charge is -2.35. The number of nitrogen functional groups attached to an aromatic ring is 2. The van der Waals surface area contributed by atoms with E-state index in [1.54, 1.807) is 41.7 Å². The highest BCUT2D eigenvalue weighted by Gasteiger charge is 2.47. The van der Waals surface area contributed by atoms with Crippen LogP contribution < -0.4 is 32.2 Å². The van der Waals surface area contributed by atoms with Gasteiger partial charge in [0.25, 0.3) is 5.88 Å². The van der Waals surface area contributed by atoms with Crippen LogP contribution in [0, 0.1) is 18.3 Å². The molecule has 0 spiro atoms. The maximum absolute atomic E-state index is 14.6. The molecule has 4 aromatic carbocycles. The molecule has 31 nitrogen and oxygen atoms in total. The normalized spacial score (nSPS) is 18.6. The molecule has 124 heavy (non-hydrogen) atoms. The molecule has 11 aromatic rings. The molecule has 4 fully saturated rings. The second kappa shape index (κ2) is 38.4. The molecule has 4 aliphatic rings. The van der Waals surface area contributed by atoms with Crippen molar-refractivity contribution in [3.8, 4) is 60.8 Å². The maximum atomic E-state index is 14.6. The van der Waals surface area contributed by atoms with Crippen LogP contribution in [0.3, 0.4) is 0 Å². The number of thiazole rings is 2. The predicted octanol–water partition coefficient (Wildman–Crippen LogP) is 12.0. The number of hydrogen-bond donors (Lipinski definition) is 9. The number of aryl methyl sites for hydroxylation is 1. The van der Waals surface area contributed by atoms with Gasteiger partial charge in [-0.25, -0.2) is 9.97 Å². The molecular formula is C91H112N20O11S2. The number of aromatic hydroxyl groups is 2. The Hall–Kier alpha value is -11.4. The van der Waals surface area contributed by atoms with E-state index < -0.39 is 47.7 Å². The second-order valence-electron chi connectivity index (χ2n) is 35.0. The van der Waals surface area contributed by atoms with Gasteiger partial charge >= 0.3 is 0 Å². The van der Waals surface area contributed by atoms with E-state index in [0.29, 0.717) is 64.6 Å². The van der Waals surface area contributed by atoms with Crippen molar-refractivity contribution >= 4 is 85.9 Å². The van der Waals surface area contributed by atoms with Crippen LogP contribution in [0.15, 0.2) is 125 Å². The van der Waals surface area contributed by atoms with E-state index in [4.69, 9.17) is 30.8 Å². The summed E-state index contributed by atoms with van der Waals surface area (Å²) in [7, 11) is 0. The molecule has 1 unspecified atom stereocenters. The average Bonchev–Trinajstić information content (AvgIpc) is 1.61. The fourth-order valence-corrected chi connectivity index (χ4v) is 19.4. The van der Waals surface area contributed by atoms with E-state index in [9.17, 15) is 44.4 Å². The number of piperidine rings is 2. The number of fused-ring (bicyclic) bond motifs is 2. The minimum Gasteiger partial charge on any atom is -0.507 e. The zero-order valence-electron chi connectivity index (χ0n) is 71.5. The summed E-state index contributed by atoms with van der Waals surface area (Å²) in [6.45, 7) is 20.9. The van der Waals surface area contributed by atoms with Crippen LogP contribution in [0.25, 0.3) is 65.5 Å². The summed E-state index contributed by atoms with van der Waals surface area (Å²) in [5.74, 6) is -1.36. The summed E-state index contributed by atoms with van der Waals surface area (Å²) in [5.41, 5.74) is 26.8. The number of carbonyl (C=O) groups excluding carboxylic acids is 5. The van der Waals surface area contributed by atoms with Crippen molar-refractivity contribution in [3.63, 3.8) is 0 Å². The second-order valence-corrected chi connectivity index (χ2v) is 36.8. The van der Waals surface area contributed by atoms with Gasteiger partial charge in [-0.05, 0) is 166 Å². The van der Waals surface area contributed by atoms with Crippen molar-refractivity contribution < 1.29 is 53.7 Å². The number of aromatic nitrogens is 11. The number of benzene rings is 4. The van der Waals surface area contributed by atoms with Crippen LogP contribution in [-0.2, 0) is 30.4 Å². The van der Waals surface area contributed by atoms with Crippen molar-refractivity contribution in [2.24, 2.45) is 11.3 Å². The largest absolute Gasteiger partial charge is 0.507 e. The third-order valence-corrected chi connectivity index (χ3v) is 26.6. The summed E-state index contributed by atoms with van der Waals surface area (Å²) in [6, 6.07) is 30.5. The van der Waals surface area contributed by atoms with Crippen molar-refractivity contribution in [1.29, 1.82) is 0 Å². The average molecular weight is 1730 g/mol. The highest BCUT2D eigenvalue weighted by atomic mass is 32.1. The number of nitrogens with two attached hydrogens (primary N) is 2. The fraction of sp³-hybridized carbons (Fsp3) is 0.473. The van der Waals surface area contributed by atoms with Gasteiger partial charge in [0.05, 0.1) is 97.6 Å². The zero-order valence-corrected chi connectivity index (χ0v) is 73.1. The summed E-state index contributed by atoms with van der Waals surface area (Å²) in [4.78, 5) is 89.6. The van der Waals surface area contributed by atoms with Crippen molar-refractivity contribution in [2.75, 3.05) is 70.4 Å². The first-order chi connectivity index (χ1) is 59.7. The molecule has 7 aromatic heterocycles. The number of aliphatic hydroxyl groups excluding tert-OH is 2. The van der Waals surface area contributed by atoms with Gasteiger partial charge in [0.1, 0.15) is 35.5 Å². The monoisotopic (exact) mass is 1720 g/mol. The maximum Gasteiger partial charge on any atom is 0.254 e. The van der Waals surface area contributed by atoms with Crippen LogP contribution in [0.2, 0.25) is 0 Å². The summed E-state index contributed by atoms with van der Waals surface area (Å²) < 4.78 is 15.8. The first-order valence-corrected chi connectivity index (χ1v) is 45.0. The first kappa shape index (κ1) is 87.5. The fourth-order valence-electron chi connectivity index (χ4n) is 17.8. The van der Waals surface area contributed by atoms with Crippen molar-refractivity contribution in [1.82, 2.24) is 90.6 Å². The number of rotatable bonds is 32. The Morgan fingerprint density at radius 1 is 0.597 bits per heavy atom. The number of likely N-dealkylation sites (tertiary alicyclic amines) is 4. The molecule has 654 valence electrons. The van der Waals surface area contributed by atoms with Gasteiger partial charge in [0, 0.05) is 82.1 Å². The van der Waals surface area contributed by atoms with Gasteiger partial charge in [0.15, 0.2) is 28.4 Å². The third-order valence-electron chi connectivity index (χ3n) is 24.7. The molecule has 0 aliphatic carbocycles. The quantitative estimate of drug-likeness (QED) is 0.0177. The van der Waals surface area contributed by atoms with Gasteiger partial charge in [-0.3, -0.25) is 33.3 Å². The number of phenolic OH excluding ortho intramolecular Hbond substituents is 2. The van der Waals surface area contributed by atoms with E-state index in [0.717, 1.165) is 157 Å². The Labute approximate surface area is 728 Å². The number of β-amino-alcohol motifs (C(OH)–C–C–N with tert-alkyl or cyclic N) is 2. The topological polar surface area (TPSA) is 416 Å². The predicted molar refractivity (Wildman–Crippen MR) is 474 cm³/mol. The number of hydrogen-bond acceptors (Lipinski definition) is 26. The summed E-state index contributed by atoms with van der Waals surface area (Å²) in [5, 5.41) is 84.3. The van der Waals surface area contributed by atoms with Crippen LogP contribution in [0.5, 0.6) is 17.4 Å². The van der Waals surface area contributed by atoms with Gasteiger partial charge in [0.2, 0.25) is 29.5 Å². The van der Waals surface area contributed by atoms with Crippen LogP contribution in [-0.4, -0.2) is 214 Å². The molecule has 33 heteroatoms. The number of phenols is 2. The number of carbonyl (C=O) groups is 5. The number of amides is 5. The molecule has 5 amide bonds. The molecule has 4 aliphatic heterocycles. The van der Waals surface area contributed by atoms with Gasteiger partial charge in [-0.2, -0.15) is 10.2 Å². The van der Waals surface area contributed by atoms with Crippen molar-refractivity contribution in [2.45, 2.75) is 206 Å². The molecule has 15 rings (SSSR count).